The number of nitrogens with two attached hydrogens (primary N) is 1. The molecule has 23 heavy (non-hydrogen) atoms. The highest BCUT2D eigenvalue weighted by Gasteiger charge is 1.98. The molecule has 0 unspecified atom stereocenters. The topological polar surface area (TPSA) is 35.1 Å². The Morgan fingerprint density at radius 3 is 2.26 bits per heavy atom. The summed E-state index contributed by atoms with van der Waals surface area (Å²) in [5, 5.41) is 2.26. The van der Waals surface area contributed by atoms with Crippen molar-refractivity contribution in [2.75, 3.05) is 19.7 Å². The smallest absolute Gasteiger partial charge is 0.120 e. The van der Waals surface area contributed by atoms with Crippen LogP contribution in [0.15, 0.2) is 67.3 Å². The van der Waals surface area contributed by atoms with Crippen LogP contribution in [0.5, 0.6) is 11.5 Å². The van der Waals surface area contributed by atoms with Crippen molar-refractivity contribution in [2.24, 2.45) is 0 Å². The van der Waals surface area contributed by atoms with Gasteiger partial charge in [0.1, 0.15) is 18.1 Å². The first-order valence-electron chi connectivity index (χ1n) is 8.20. The van der Waals surface area contributed by atoms with Crippen molar-refractivity contribution in [2.45, 2.75) is 19.4 Å². The van der Waals surface area contributed by atoms with Crippen molar-refractivity contribution < 1.29 is 14.8 Å². The third-order valence-electron chi connectivity index (χ3n) is 3.48. The van der Waals surface area contributed by atoms with Gasteiger partial charge in [-0.15, -0.1) is 0 Å². The summed E-state index contributed by atoms with van der Waals surface area (Å²) in [7, 11) is 0. The lowest BCUT2D eigenvalue weighted by atomic mass is 10.2. The highest BCUT2D eigenvalue weighted by molar-refractivity contribution is 5.31. The van der Waals surface area contributed by atoms with Crippen LogP contribution in [0.1, 0.15) is 18.4 Å². The lowest BCUT2D eigenvalue weighted by Gasteiger charge is -2.09. The molecular weight excluding hydrogens is 286 g/mol. The van der Waals surface area contributed by atoms with E-state index >= 15 is 0 Å². The van der Waals surface area contributed by atoms with E-state index in [1.54, 1.807) is 0 Å². The van der Waals surface area contributed by atoms with E-state index < -0.39 is 0 Å². The van der Waals surface area contributed by atoms with E-state index in [1.165, 1.54) is 5.56 Å². The molecule has 0 heterocycles. The van der Waals surface area contributed by atoms with Crippen LogP contribution in [0.25, 0.3) is 0 Å². The molecule has 2 aromatic carbocycles. The van der Waals surface area contributed by atoms with Crippen LogP contribution in [0.2, 0.25) is 0 Å². The average molecular weight is 312 g/mol. The van der Waals surface area contributed by atoms with Gasteiger partial charge in [0.2, 0.25) is 0 Å². The second-order valence-electron chi connectivity index (χ2n) is 5.40. The molecule has 0 bridgehead atoms. The van der Waals surface area contributed by atoms with E-state index in [-0.39, 0.29) is 0 Å². The first-order valence-corrected chi connectivity index (χ1v) is 8.20. The second kappa shape index (κ2) is 10.5. The Hall–Kier alpha value is -2.26. The van der Waals surface area contributed by atoms with Gasteiger partial charge in [0.05, 0.1) is 19.7 Å². The van der Waals surface area contributed by atoms with Gasteiger partial charge in [-0.1, -0.05) is 36.9 Å². The van der Waals surface area contributed by atoms with Crippen molar-refractivity contribution in [1.29, 1.82) is 0 Å². The van der Waals surface area contributed by atoms with Gasteiger partial charge in [-0.05, 0) is 48.7 Å². The van der Waals surface area contributed by atoms with Crippen LogP contribution in [0.3, 0.4) is 0 Å². The number of benzene rings is 2. The molecule has 0 fully saturated rings. The zero-order chi connectivity index (χ0) is 16.2. The summed E-state index contributed by atoms with van der Waals surface area (Å²) in [6.07, 6.45) is 4.16. The Labute approximate surface area is 138 Å². The lowest BCUT2D eigenvalue weighted by Crippen LogP contribution is -2.83. The third-order valence-corrected chi connectivity index (χ3v) is 3.48. The summed E-state index contributed by atoms with van der Waals surface area (Å²) in [4.78, 5) is 0. The Bertz CT molecular complexity index is 552. The predicted octanol–water partition coefficient (Wildman–Crippen LogP) is 3.17. The minimum Gasteiger partial charge on any atom is -0.494 e. The van der Waals surface area contributed by atoms with Crippen LogP contribution >= 0.6 is 0 Å². The molecule has 0 saturated carbocycles. The summed E-state index contributed by atoms with van der Waals surface area (Å²) in [5.41, 5.74) is 1.17. The standard InChI is InChI=1S/C20H25NO2/c1-2-14-21-15-6-7-16-22-19-10-12-20(13-11-19)23-17-18-8-4-3-5-9-18/h2-5,8-13,21H,1,6-7,14-17H2/p+1. The molecular formula is C20H26NO2+. The largest absolute Gasteiger partial charge is 0.494 e. The summed E-state index contributed by atoms with van der Waals surface area (Å²) >= 11 is 0. The number of rotatable bonds is 11. The van der Waals surface area contributed by atoms with Gasteiger partial charge in [-0.3, -0.25) is 0 Å². The summed E-state index contributed by atoms with van der Waals surface area (Å²) in [6, 6.07) is 18.0. The van der Waals surface area contributed by atoms with Gasteiger partial charge >= 0.3 is 0 Å². The zero-order valence-corrected chi connectivity index (χ0v) is 13.6. The van der Waals surface area contributed by atoms with Gasteiger partial charge in [0, 0.05) is 0 Å². The summed E-state index contributed by atoms with van der Waals surface area (Å²) in [5.74, 6) is 1.76. The Kier molecular flexibility index (Phi) is 7.78. The average Bonchev–Trinajstić information content (AvgIpc) is 2.61. The Balaban J connectivity index is 1.63. The minimum atomic E-state index is 0.586. The second-order valence-corrected chi connectivity index (χ2v) is 5.40. The molecule has 0 aliphatic rings. The molecule has 0 spiro atoms. The van der Waals surface area contributed by atoms with Crippen molar-refractivity contribution in [3.8, 4) is 11.5 Å². The Morgan fingerprint density at radius 1 is 0.870 bits per heavy atom. The maximum Gasteiger partial charge on any atom is 0.120 e. The van der Waals surface area contributed by atoms with Crippen molar-refractivity contribution in [3.63, 3.8) is 0 Å². The molecule has 2 rings (SSSR count). The van der Waals surface area contributed by atoms with Crippen LogP contribution in [0.4, 0.5) is 0 Å². The van der Waals surface area contributed by atoms with E-state index in [0.29, 0.717) is 6.61 Å². The van der Waals surface area contributed by atoms with Crippen molar-refractivity contribution in [3.05, 3.63) is 72.8 Å². The number of hydrogen-bond acceptors (Lipinski definition) is 2. The molecule has 0 aliphatic heterocycles. The first kappa shape index (κ1) is 17.1. The van der Waals surface area contributed by atoms with Crippen LogP contribution in [0, 0.1) is 0 Å². The maximum absolute atomic E-state index is 5.76. The van der Waals surface area contributed by atoms with Gasteiger partial charge in [-0.2, -0.15) is 0 Å². The number of quaternary nitrogens is 1. The predicted molar refractivity (Wildman–Crippen MR) is 93.8 cm³/mol. The monoisotopic (exact) mass is 312 g/mol. The van der Waals surface area contributed by atoms with Crippen molar-refractivity contribution >= 4 is 0 Å². The van der Waals surface area contributed by atoms with Gasteiger partial charge in [0.15, 0.2) is 0 Å². The van der Waals surface area contributed by atoms with Crippen LogP contribution < -0.4 is 14.8 Å². The lowest BCUT2D eigenvalue weighted by molar-refractivity contribution is -0.646. The fourth-order valence-electron chi connectivity index (χ4n) is 2.19. The molecule has 0 atom stereocenters. The van der Waals surface area contributed by atoms with Gasteiger partial charge in [-0.25, -0.2) is 0 Å². The van der Waals surface area contributed by atoms with E-state index in [4.69, 9.17) is 9.47 Å². The molecule has 2 N–H and O–H groups in total. The molecule has 3 nitrogen and oxygen atoms in total. The van der Waals surface area contributed by atoms with Gasteiger partial charge in [0.25, 0.3) is 0 Å². The maximum atomic E-state index is 5.76. The Morgan fingerprint density at radius 2 is 1.57 bits per heavy atom. The molecule has 0 aromatic heterocycles. The van der Waals surface area contributed by atoms with E-state index in [1.807, 2.05) is 48.5 Å². The van der Waals surface area contributed by atoms with Crippen LogP contribution in [-0.4, -0.2) is 19.7 Å². The van der Waals surface area contributed by atoms with E-state index in [9.17, 15) is 0 Å². The SMILES string of the molecule is C=CC[NH2+]CCCCOc1ccc(OCc2ccccc2)cc1. The first-order chi connectivity index (χ1) is 11.4. The molecule has 0 aliphatic carbocycles. The quantitative estimate of drug-likeness (QED) is 0.511. The molecule has 0 radical (unpaired) electrons. The van der Waals surface area contributed by atoms with Crippen LogP contribution in [-0.2, 0) is 6.61 Å². The molecule has 0 amide bonds. The fraction of sp³-hybridized carbons (Fsp3) is 0.300. The third kappa shape index (κ3) is 7.02. The summed E-state index contributed by atoms with van der Waals surface area (Å²) < 4.78 is 11.5. The number of ether oxygens (including phenoxy) is 2. The van der Waals surface area contributed by atoms with Crippen molar-refractivity contribution in [1.82, 2.24) is 0 Å². The fourth-order valence-corrected chi connectivity index (χ4v) is 2.19. The highest BCUT2D eigenvalue weighted by Crippen LogP contribution is 2.18. The molecule has 122 valence electrons. The van der Waals surface area contributed by atoms with E-state index in [2.05, 4.69) is 24.0 Å². The molecule has 2 aromatic rings. The zero-order valence-electron chi connectivity index (χ0n) is 13.6. The molecule has 3 heteroatoms. The number of unbranched alkanes of at least 4 members (excludes halogenated alkanes) is 1. The normalized spacial score (nSPS) is 10.3. The van der Waals surface area contributed by atoms with E-state index in [0.717, 1.165) is 44.0 Å². The van der Waals surface area contributed by atoms with Gasteiger partial charge < -0.3 is 14.8 Å². The minimum absolute atomic E-state index is 0.586. The molecule has 0 saturated heterocycles. The number of hydrogen-bond donors (Lipinski definition) is 1. The summed E-state index contributed by atoms with van der Waals surface area (Å²) in [6.45, 7) is 7.17. The highest BCUT2D eigenvalue weighted by atomic mass is 16.5.